The first-order valence-corrected chi connectivity index (χ1v) is 9.08. The summed E-state index contributed by atoms with van der Waals surface area (Å²) in [4.78, 5) is 28.3. The lowest BCUT2D eigenvalue weighted by Crippen LogP contribution is -2.51. The van der Waals surface area contributed by atoms with E-state index in [-0.39, 0.29) is 24.5 Å². The van der Waals surface area contributed by atoms with Gasteiger partial charge >= 0.3 is 0 Å². The third-order valence-corrected chi connectivity index (χ3v) is 4.81. The third kappa shape index (κ3) is 4.74. The molecule has 0 bridgehead atoms. The highest BCUT2D eigenvalue weighted by molar-refractivity contribution is 5.94. The first kappa shape index (κ1) is 18.7. The molecule has 26 heavy (non-hydrogen) atoms. The third-order valence-electron chi connectivity index (χ3n) is 4.81. The molecule has 3 rings (SSSR count). The molecule has 1 aromatic rings. The summed E-state index contributed by atoms with van der Waals surface area (Å²) < 4.78 is 16.1. The molecule has 1 aromatic carbocycles. The minimum Gasteiger partial charge on any atom is -0.497 e. The molecule has 2 saturated heterocycles. The Hall–Kier alpha value is -2.12. The largest absolute Gasteiger partial charge is 0.497 e. The minimum absolute atomic E-state index is 0.0191. The van der Waals surface area contributed by atoms with Crippen molar-refractivity contribution in [1.29, 1.82) is 0 Å². The fourth-order valence-electron chi connectivity index (χ4n) is 3.22. The number of hydrogen-bond donors (Lipinski definition) is 0. The van der Waals surface area contributed by atoms with Crippen molar-refractivity contribution in [1.82, 2.24) is 9.80 Å². The van der Waals surface area contributed by atoms with Crippen LogP contribution in [0.5, 0.6) is 5.75 Å². The molecule has 0 N–H and O–H groups in total. The summed E-state index contributed by atoms with van der Waals surface area (Å²) in [5.41, 5.74) is 0.630. The highest BCUT2D eigenvalue weighted by atomic mass is 16.5. The molecule has 1 unspecified atom stereocenters. The van der Waals surface area contributed by atoms with Crippen LogP contribution in [-0.4, -0.2) is 80.8 Å². The Labute approximate surface area is 153 Å². The van der Waals surface area contributed by atoms with Crippen LogP contribution in [0.15, 0.2) is 24.3 Å². The van der Waals surface area contributed by atoms with Gasteiger partial charge in [-0.25, -0.2) is 0 Å². The number of benzene rings is 1. The van der Waals surface area contributed by atoms with Crippen LogP contribution in [0.1, 0.15) is 23.2 Å². The molecule has 0 spiro atoms. The van der Waals surface area contributed by atoms with Crippen LogP contribution in [-0.2, 0) is 14.3 Å². The molecule has 0 radical (unpaired) electrons. The van der Waals surface area contributed by atoms with Gasteiger partial charge in [0.25, 0.3) is 5.91 Å². The number of piperazine rings is 1. The van der Waals surface area contributed by atoms with Crippen LogP contribution in [0.25, 0.3) is 0 Å². The van der Waals surface area contributed by atoms with Crippen LogP contribution in [0.4, 0.5) is 0 Å². The summed E-state index contributed by atoms with van der Waals surface area (Å²) in [7, 11) is 1.59. The van der Waals surface area contributed by atoms with E-state index in [9.17, 15) is 9.59 Å². The summed E-state index contributed by atoms with van der Waals surface area (Å²) in [6.07, 6.45) is 2.19. The lowest BCUT2D eigenvalue weighted by Gasteiger charge is -2.34. The van der Waals surface area contributed by atoms with E-state index in [0.717, 1.165) is 25.2 Å². The van der Waals surface area contributed by atoms with E-state index < -0.39 is 0 Å². The fraction of sp³-hybridized carbons (Fsp3) is 0.579. The van der Waals surface area contributed by atoms with Gasteiger partial charge in [0.15, 0.2) is 0 Å². The Kier molecular flexibility index (Phi) is 6.46. The number of carbonyl (C=O) groups excluding carboxylic acids is 2. The molecular formula is C19H26N2O5. The van der Waals surface area contributed by atoms with Gasteiger partial charge in [-0.2, -0.15) is 0 Å². The predicted molar refractivity (Wildman–Crippen MR) is 95.3 cm³/mol. The summed E-state index contributed by atoms with van der Waals surface area (Å²) in [6.45, 7) is 3.46. The van der Waals surface area contributed by atoms with E-state index in [4.69, 9.17) is 14.2 Å². The van der Waals surface area contributed by atoms with Crippen LogP contribution in [0.3, 0.4) is 0 Å². The number of nitrogens with zero attached hydrogens (tertiary/aromatic N) is 2. The molecule has 2 aliphatic heterocycles. The van der Waals surface area contributed by atoms with Crippen LogP contribution >= 0.6 is 0 Å². The molecule has 2 amide bonds. The van der Waals surface area contributed by atoms with E-state index in [0.29, 0.717) is 38.3 Å². The van der Waals surface area contributed by atoms with Crippen molar-refractivity contribution < 1.29 is 23.8 Å². The fourth-order valence-corrected chi connectivity index (χ4v) is 3.22. The molecular weight excluding hydrogens is 336 g/mol. The van der Waals surface area contributed by atoms with Crippen molar-refractivity contribution in [3.63, 3.8) is 0 Å². The summed E-state index contributed by atoms with van der Waals surface area (Å²) >= 11 is 0. The molecule has 2 fully saturated rings. The first-order chi connectivity index (χ1) is 12.7. The van der Waals surface area contributed by atoms with Gasteiger partial charge in [0.05, 0.1) is 19.8 Å². The number of amides is 2. The highest BCUT2D eigenvalue weighted by Crippen LogP contribution is 2.15. The number of carbonyl (C=O) groups is 2. The predicted octanol–water partition coefficient (Wildman–Crippen LogP) is 1.18. The van der Waals surface area contributed by atoms with E-state index >= 15 is 0 Å². The van der Waals surface area contributed by atoms with Crippen molar-refractivity contribution >= 4 is 11.8 Å². The lowest BCUT2D eigenvalue weighted by atomic mass is 10.1. The molecule has 7 heteroatoms. The summed E-state index contributed by atoms with van der Waals surface area (Å²) in [6, 6.07) is 7.08. The topological polar surface area (TPSA) is 68.3 Å². The van der Waals surface area contributed by atoms with Gasteiger partial charge in [-0.05, 0) is 37.1 Å². The van der Waals surface area contributed by atoms with Crippen molar-refractivity contribution in [2.45, 2.75) is 18.9 Å². The second kappa shape index (κ2) is 9.00. The van der Waals surface area contributed by atoms with Gasteiger partial charge in [0, 0.05) is 38.3 Å². The van der Waals surface area contributed by atoms with Crippen LogP contribution in [0, 0.1) is 0 Å². The SMILES string of the molecule is COc1ccc(C(=O)N2CCN(C(=O)COCC3CCCO3)CC2)cc1. The molecule has 1 atom stereocenters. The first-order valence-electron chi connectivity index (χ1n) is 9.08. The number of methoxy groups -OCH3 is 1. The van der Waals surface area contributed by atoms with Crippen molar-refractivity contribution in [3.8, 4) is 5.75 Å². The Morgan fingerprint density at radius 1 is 1.12 bits per heavy atom. The minimum atomic E-state index is -0.0282. The second-order valence-corrected chi connectivity index (χ2v) is 6.55. The van der Waals surface area contributed by atoms with E-state index in [1.165, 1.54) is 0 Å². The maximum Gasteiger partial charge on any atom is 0.253 e. The quantitative estimate of drug-likeness (QED) is 0.760. The van der Waals surface area contributed by atoms with Gasteiger partial charge in [0.1, 0.15) is 12.4 Å². The smallest absolute Gasteiger partial charge is 0.253 e. The Morgan fingerprint density at radius 3 is 2.42 bits per heavy atom. The molecule has 2 aliphatic rings. The van der Waals surface area contributed by atoms with Crippen molar-refractivity contribution in [2.75, 3.05) is 53.1 Å². The normalized spacial score (nSPS) is 20.3. The molecule has 0 saturated carbocycles. The Bertz CT molecular complexity index is 605. The van der Waals surface area contributed by atoms with Gasteiger partial charge in [-0.3, -0.25) is 9.59 Å². The molecule has 7 nitrogen and oxygen atoms in total. The maximum absolute atomic E-state index is 12.5. The summed E-state index contributed by atoms with van der Waals surface area (Å²) in [5.74, 6) is 0.675. The number of hydrogen-bond acceptors (Lipinski definition) is 5. The second-order valence-electron chi connectivity index (χ2n) is 6.55. The number of ether oxygens (including phenoxy) is 3. The zero-order chi connectivity index (χ0) is 18.4. The van der Waals surface area contributed by atoms with Crippen molar-refractivity contribution in [2.24, 2.45) is 0 Å². The van der Waals surface area contributed by atoms with E-state index in [2.05, 4.69) is 0 Å². The van der Waals surface area contributed by atoms with Gasteiger partial charge < -0.3 is 24.0 Å². The van der Waals surface area contributed by atoms with E-state index in [1.54, 1.807) is 41.2 Å². The molecule has 0 aliphatic carbocycles. The lowest BCUT2D eigenvalue weighted by molar-refractivity contribution is -0.138. The van der Waals surface area contributed by atoms with E-state index in [1.807, 2.05) is 0 Å². The highest BCUT2D eigenvalue weighted by Gasteiger charge is 2.25. The van der Waals surface area contributed by atoms with Gasteiger partial charge in [-0.15, -0.1) is 0 Å². The molecule has 2 heterocycles. The van der Waals surface area contributed by atoms with Gasteiger partial charge in [-0.1, -0.05) is 0 Å². The van der Waals surface area contributed by atoms with Crippen molar-refractivity contribution in [3.05, 3.63) is 29.8 Å². The Morgan fingerprint density at radius 2 is 1.81 bits per heavy atom. The zero-order valence-electron chi connectivity index (χ0n) is 15.2. The van der Waals surface area contributed by atoms with Crippen LogP contribution in [0.2, 0.25) is 0 Å². The number of rotatable bonds is 6. The average Bonchev–Trinajstić information content (AvgIpc) is 3.21. The molecule has 0 aromatic heterocycles. The van der Waals surface area contributed by atoms with Crippen LogP contribution < -0.4 is 4.74 Å². The Balaban J connectivity index is 1.41. The zero-order valence-corrected chi connectivity index (χ0v) is 15.2. The average molecular weight is 362 g/mol. The summed E-state index contributed by atoms with van der Waals surface area (Å²) in [5, 5.41) is 0. The maximum atomic E-state index is 12.5. The van der Waals surface area contributed by atoms with Gasteiger partial charge in [0.2, 0.25) is 5.91 Å². The molecule has 142 valence electrons. The monoisotopic (exact) mass is 362 g/mol. The standard InChI is InChI=1S/C19H26N2O5/c1-24-16-6-4-15(5-7-16)19(23)21-10-8-20(9-11-21)18(22)14-25-13-17-3-2-12-26-17/h4-7,17H,2-3,8-14H2,1H3.